The number of aliphatic hydroxyl groups is 1. The number of amides is 1. The van der Waals surface area contributed by atoms with E-state index < -0.39 is 23.5 Å². The minimum absolute atomic E-state index is 0.0378. The Morgan fingerprint density at radius 2 is 1.89 bits per heavy atom. The monoisotopic (exact) mass is 675 g/mol. The van der Waals surface area contributed by atoms with Gasteiger partial charge < -0.3 is 19.0 Å². The molecule has 1 N–H and O–H groups in total. The molecule has 9 nitrogen and oxygen atoms in total. The summed E-state index contributed by atoms with van der Waals surface area (Å²) in [7, 11) is 1.51. The molecule has 3 aromatic carbocycles. The molecule has 3 heterocycles. The molecule has 46 heavy (non-hydrogen) atoms. The number of Topliss-reactive ketones (excluding diaryl/α,β-unsaturated/α-hetero) is 1. The molecule has 1 unspecified atom stereocenters. The Balaban J connectivity index is 1.36. The van der Waals surface area contributed by atoms with Crippen LogP contribution in [0.25, 0.3) is 11.0 Å². The molecule has 1 atom stereocenters. The molecule has 0 saturated carbocycles. The maximum absolute atomic E-state index is 14.1. The van der Waals surface area contributed by atoms with Crippen LogP contribution in [-0.4, -0.2) is 40.7 Å². The van der Waals surface area contributed by atoms with Crippen LogP contribution in [0.2, 0.25) is 5.02 Å². The number of unbranched alkanes of at least 4 members (excludes halogenated alkanes) is 2. The van der Waals surface area contributed by atoms with Crippen LogP contribution in [0, 0.1) is 0 Å². The number of carbonyl (C=O) groups excluding carboxylic acids is 2. The number of furan rings is 1. The second-order valence-corrected chi connectivity index (χ2v) is 13.2. The summed E-state index contributed by atoms with van der Waals surface area (Å²) in [4.78, 5) is 29.2. The maximum atomic E-state index is 14.1. The highest BCUT2D eigenvalue weighted by Crippen LogP contribution is 2.45. The van der Waals surface area contributed by atoms with Gasteiger partial charge in [-0.1, -0.05) is 90.9 Å². The van der Waals surface area contributed by atoms with E-state index in [4.69, 9.17) is 25.5 Å². The second kappa shape index (κ2) is 14.0. The Hall–Kier alpha value is -4.32. The standard InChI is InChI=1S/C34H30ClN3O6S2/c1-3-4-5-16-43-24-10-6-8-21(17-24)28-27(29(39)26-18-22-9-7-11-25(42-2)31(22)44-26)30(40)32(41)38(28)33-36-37-34(46-33)45-19-20-12-14-23(35)15-13-20/h6-15,17-18,28,40H,3-5,16,19H2,1-2H3. The van der Waals surface area contributed by atoms with Crippen LogP contribution in [0.4, 0.5) is 5.13 Å². The summed E-state index contributed by atoms with van der Waals surface area (Å²) in [5.74, 6) is -0.450. The van der Waals surface area contributed by atoms with Crippen molar-refractivity contribution >= 4 is 62.5 Å². The third-order valence-corrected chi connectivity index (χ3v) is 9.85. The lowest BCUT2D eigenvalue weighted by molar-refractivity contribution is -0.117. The number of methoxy groups -OCH3 is 1. The van der Waals surface area contributed by atoms with Crippen molar-refractivity contribution in [2.24, 2.45) is 0 Å². The van der Waals surface area contributed by atoms with Gasteiger partial charge in [0.2, 0.25) is 10.9 Å². The Morgan fingerprint density at radius 3 is 2.67 bits per heavy atom. The summed E-state index contributed by atoms with van der Waals surface area (Å²) < 4.78 is 18.0. The molecule has 0 saturated heterocycles. The lowest BCUT2D eigenvalue weighted by Crippen LogP contribution is -2.31. The summed E-state index contributed by atoms with van der Waals surface area (Å²) in [6.45, 7) is 2.65. The third kappa shape index (κ3) is 6.48. The number of halogens is 1. The van der Waals surface area contributed by atoms with Gasteiger partial charge in [-0.3, -0.25) is 14.5 Å². The van der Waals surface area contributed by atoms with Crippen molar-refractivity contribution in [2.45, 2.75) is 42.3 Å². The van der Waals surface area contributed by atoms with Gasteiger partial charge in [0, 0.05) is 16.2 Å². The van der Waals surface area contributed by atoms with E-state index >= 15 is 0 Å². The summed E-state index contributed by atoms with van der Waals surface area (Å²) in [5.41, 5.74) is 1.87. The van der Waals surface area contributed by atoms with E-state index in [1.807, 2.05) is 30.3 Å². The van der Waals surface area contributed by atoms with Gasteiger partial charge in [-0.25, -0.2) is 0 Å². The van der Waals surface area contributed by atoms with Gasteiger partial charge in [0.25, 0.3) is 5.91 Å². The van der Waals surface area contributed by atoms with Gasteiger partial charge in [-0.2, -0.15) is 0 Å². The molecule has 5 aromatic rings. The largest absolute Gasteiger partial charge is 0.503 e. The number of thioether (sulfide) groups is 1. The van der Waals surface area contributed by atoms with Crippen molar-refractivity contribution in [3.63, 3.8) is 0 Å². The van der Waals surface area contributed by atoms with Crippen LogP contribution >= 0.6 is 34.7 Å². The smallest absolute Gasteiger partial charge is 0.296 e. The molecule has 0 bridgehead atoms. The molecule has 12 heteroatoms. The highest BCUT2D eigenvalue weighted by molar-refractivity contribution is 8.00. The van der Waals surface area contributed by atoms with Gasteiger partial charge in [-0.15, -0.1) is 10.2 Å². The highest BCUT2D eigenvalue weighted by Gasteiger charge is 2.47. The first-order valence-corrected chi connectivity index (χ1v) is 16.9. The number of nitrogens with zero attached hydrogens (tertiary/aromatic N) is 3. The number of anilines is 1. The molecule has 1 amide bonds. The van der Waals surface area contributed by atoms with Crippen LogP contribution in [0.1, 0.15) is 53.9 Å². The Kier molecular flexibility index (Phi) is 9.62. The van der Waals surface area contributed by atoms with Crippen molar-refractivity contribution < 1.29 is 28.6 Å². The van der Waals surface area contributed by atoms with E-state index in [0.29, 0.717) is 49.8 Å². The van der Waals surface area contributed by atoms with Crippen molar-refractivity contribution in [1.82, 2.24) is 10.2 Å². The minimum atomic E-state index is -1.02. The number of ketones is 1. The second-order valence-electron chi connectivity index (χ2n) is 10.6. The minimum Gasteiger partial charge on any atom is -0.503 e. The number of rotatable bonds is 13. The number of benzene rings is 3. The van der Waals surface area contributed by atoms with Gasteiger partial charge in [0.05, 0.1) is 25.3 Å². The molecule has 0 spiro atoms. The van der Waals surface area contributed by atoms with Crippen LogP contribution in [-0.2, 0) is 10.5 Å². The molecule has 2 aromatic heterocycles. The number of carbonyl (C=O) groups is 2. The van der Waals surface area contributed by atoms with Gasteiger partial charge >= 0.3 is 0 Å². The summed E-state index contributed by atoms with van der Waals surface area (Å²) >= 11 is 8.67. The van der Waals surface area contributed by atoms with E-state index in [-0.39, 0.29) is 16.5 Å². The fraction of sp³-hybridized carbons (Fsp3) is 0.235. The zero-order valence-electron chi connectivity index (χ0n) is 25.1. The van der Waals surface area contributed by atoms with E-state index in [0.717, 1.165) is 24.8 Å². The Morgan fingerprint density at radius 1 is 1.09 bits per heavy atom. The summed E-state index contributed by atoms with van der Waals surface area (Å²) in [6, 6.07) is 20.6. The topological polar surface area (TPSA) is 115 Å². The van der Waals surface area contributed by atoms with Crippen LogP contribution < -0.4 is 14.4 Å². The van der Waals surface area contributed by atoms with Crippen LogP contribution in [0.3, 0.4) is 0 Å². The highest BCUT2D eigenvalue weighted by atomic mass is 35.5. The number of aliphatic hydroxyl groups excluding tert-OH is 1. The molecule has 0 aliphatic carbocycles. The van der Waals surface area contributed by atoms with Gasteiger partial charge in [0.15, 0.2) is 27.2 Å². The quantitative estimate of drug-likeness (QED) is 0.0567. The fourth-order valence-electron chi connectivity index (χ4n) is 5.19. The first-order chi connectivity index (χ1) is 22.4. The number of fused-ring (bicyclic) bond motifs is 1. The fourth-order valence-corrected chi connectivity index (χ4v) is 7.14. The van der Waals surface area contributed by atoms with Crippen LogP contribution in [0.15, 0.2) is 92.9 Å². The molecule has 1 aliphatic rings. The zero-order chi connectivity index (χ0) is 32.2. The van der Waals surface area contributed by atoms with E-state index in [2.05, 4.69) is 17.1 Å². The predicted octanol–water partition coefficient (Wildman–Crippen LogP) is 8.59. The normalized spacial score (nSPS) is 14.8. The number of para-hydroxylation sites is 1. The average Bonchev–Trinajstić information content (AvgIpc) is 3.79. The van der Waals surface area contributed by atoms with Crippen molar-refractivity contribution in [3.8, 4) is 11.5 Å². The van der Waals surface area contributed by atoms with Gasteiger partial charge in [0.1, 0.15) is 5.75 Å². The molecule has 1 aliphatic heterocycles. The predicted molar refractivity (Wildman–Crippen MR) is 179 cm³/mol. The first-order valence-electron chi connectivity index (χ1n) is 14.7. The summed E-state index contributed by atoms with van der Waals surface area (Å²) in [6.07, 6.45) is 3.00. The Bertz CT molecular complexity index is 1920. The van der Waals surface area contributed by atoms with E-state index in [1.54, 1.807) is 42.5 Å². The maximum Gasteiger partial charge on any atom is 0.296 e. The van der Waals surface area contributed by atoms with Crippen LogP contribution in [0.5, 0.6) is 11.5 Å². The lowest BCUT2D eigenvalue weighted by Gasteiger charge is -2.24. The first kappa shape index (κ1) is 31.7. The van der Waals surface area contributed by atoms with Crippen molar-refractivity contribution in [2.75, 3.05) is 18.6 Å². The molecular weight excluding hydrogens is 646 g/mol. The lowest BCUT2D eigenvalue weighted by atomic mass is 9.95. The number of aromatic nitrogens is 2. The van der Waals surface area contributed by atoms with Crippen molar-refractivity contribution in [3.05, 3.63) is 106 Å². The molecule has 0 fully saturated rings. The zero-order valence-corrected chi connectivity index (χ0v) is 27.5. The van der Waals surface area contributed by atoms with Crippen molar-refractivity contribution in [1.29, 1.82) is 0 Å². The summed E-state index contributed by atoms with van der Waals surface area (Å²) in [5, 5.41) is 21.4. The number of ether oxygens (including phenoxy) is 2. The average molecular weight is 676 g/mol. The van der Waals surface area contributed by atoms with Gasteiger partial charge in [-0.05, 0) is 53.9 Å². The molecule has 236 valence electrons. The number of hydrogen-bond acceptors (Lipinski definition) is 10. The SMILES string of the molecule is CCCCCOc1cccc(C2C(C(=O)c3cc4cccc(OC)c4o3)=C(O)C(=O)N2c2nnc(SCc3ccc(Cl)cc3)s2)c1. The van der Waals surface area contributed by atoms with E-state index in [1.165, 1.54) is 35.1 Å². The van der Waals surface area contributed by atoms with E-state index in [9.17, 15) is 14.7 Å². The Labute approximate surface area is 278 Å². The number of hydrogen-bond donors (Lipinski definition) is 1. The third-order valence-electron chi connectivity index (χ3n) is 7.47. The molecule has 0 radical (unpaired) electrons. The molecular formula is C34H30ClN3O6S2. The molecule has 6 rings (SSSR count).